The number of rotatable bonds is 5. The van der Waals surface area contributed by atoms with Crippen LogP contribution in [0.15, 0.2) is 42.5 Å². The predicted octanol–water partition coefficient (Wildman–Crippen LogP) is 4.09. The number of nitrogens with one attached hydrogen (secondary N) is 1. The van der Waals surface area contributed by atoms with E-state index in [-0.39, 0.29) is 30.4 Å². The van der Waals surface area contributed by atoms with Crippen LogP contribution in [0.2, 0.25) is 0 Å². The topological polar surface area (TPSA) is 52.7 Å². The molecule has 2 atom stereocenters. The Morgan fingerprint density at radius 3 is 2.53 bits per heavy atom. The number of benzene rings is 2. The number of nitrogens with zero attached hydrogens (tertiary/aromatic N) is 2. The number of carbonyl (C=O) groups is 2. The summed E-state index contributed by atoms with van der Waals surface area (Å²) in [6, 6.07) is 14.1. The van der Waals surface area contributed by atoms with Gasteiger partial charge in [-0.1, -0.05) is 48.0 Å². The average Bonchev–Trinajstić information content (AvgIpc) is 2.79. The van der Waals surface area contributed by atoms with Gasteiger partial charge in [0.1, 0.15) is 6.04 Å². The molecule has 2 aromatic carbocycles. The van der Waals surface area contributed by atoms with Crippen molar-refractivity contribution in [3.63, 3.8) is 0 Å². The van der Waals surface area contributed by atoms with Gasteiger partial charge in [0.15, 0.2) is 0 Å². The van der Waals surface area contributed by atoms with Crippen LogP contribution in [-0.4, -0.2) is 47.8 Å². The fourth-order valence-electron chi connectivity index (χ4n) is 5.23. The van der Waals surface area contributed by atoms with Crippen molar-refractivity contribution in [2.75, 3.05) is 26.2 Å². The summed E-state index contributed by atoms with van der Waals surface area (Å²) in [7, 11) is 0. The molecule has 0 spiro atoms. The molecule has 5 heteroatoms. The maximum Gasteiger partial charge on any atom is 0.244 e. The molecule has 0 radical (unpaired) electrons. The lowest BCUT2D eigenvalue weighted by molar-refractivity contribution is -0.139. The van der Waals surface area contributed by atoms with Gasteiger partial charge in [-0.05, 0) is 68.7 Å². The van der Waals surface area contributed by atoms with Crippen LogP contribution in [0.1, 0.15) is 66.1 Å². The summed E-state index contributed by atoms with van der Waals surface area (Å²) in [5.41, 5.74) is 5.82. The lowest BCUT2D eigenvalue weighted by atomic mass is 9.91. The minimum Gasteiger partial charge on any atom is -0.348 e. The Morgan fingerprint density at radius 1 is 1.03 bits per heavy atom. The number of aryl methyl sites for hydroxylation is 2. The van der Waals surface area contributed by atoms with E-state index in [1.54, 1.807) is 0 Å². The largest absolute Gasteiger partial charge is 0.348 e. The van der Waals surface area contributed by atoms with Crippen molar-refractivity contribution in [2.24, 2.45) is 0 Å². The van der Waals surface area contributed by atoms with Crippen molar-refractivity contribution in [1.29, 1.82) is 0 Å². The number of hydrogen-bond donors (Lipinski definition) is 1. The third-order valence-corrected chi connectivity index (χ3v) is 6.90. The zero-order valence-corrected chi connectivity index (χ0v) is 19.6. The van der Waals surface area contributed by atoms with Crippen molar-refractivity contribution in [1.82, 2.24) is 15.1 Å². The molecule has 1 fully saturated rings. The molecule has 0 unspecified atom stereocenters. The minimum absolute atomic E-state index is 0.0340. The standard InChI is InChI=1S/C27H35N3O2/c1-19-11-12-23(20(2)17-19)21(3)28-25(31)18-30-16-13-22-9-5-6-10-24(22)26(30)27(32)29-14-7-4-8-15-29/h5-6,9-12,17,21,26H,4,7-8,13-16,18H2,1-3H3,(H,28,31)/t21-,26+/m1/s1. The number of fused-ring (bicyclic) bond motifs is 1. The molecule has 2 amide bonds. The zero-order valence-electron chi connectivity index (χ0n) is 19.6. The first kappa shape index (κ1) is 22.5. The van der Waals surface area contributed by atoms with Crippen LogP contribution in [0.3, 0.4) is 0 Å². The molecule has 0 saturated carbocycles. The van der Waals surface area contributed by atoms with Gasteiger partial charge >= 0.3 is 0 Å². The van der Waals surface area contributed by atoms with Crippen molar-refractivity contribution in [3.8, 4) is 0 Å². The predicted molar refractivity (Wildman–Crippen MR) is 127 cm³/mol. The Morgan fingerprint density at radius 2 is 1.78 bits per heavy atom. The minimum atomic E-state index is -0.375. The van der Waals surface area contributed by atoms with E-state index in [1.807, 2.05) is 24.0 Å². The van der Waals surface area contributed by atoms with E-state index < -0.39 is 0 Å². The Balaban J connectivity index is 1.50. The molecule has 0 aliphatic carbocycles. The molecule has 2 heterocycles. The van der Waals surface area contributed by atoms with Gasteiger partial charge in [-0.25, -0.2) is 0 Å². The van der Waals surface area contributed by atoms with Crippen molar-refractivity contribution in [3.05, 3.63) is 70.3 Å². The Bertz CT molecular complexity index is 981. The second-order valence-electron chi connectivity index (χ2n) is 9.36. The fourth-order valence-corrected chi connectivity index (χ4v) is 5.23. The van der Waals surface area contributed by atoms with Crippen molar-refractivity contribution < 1.29 is 9.59 Å². The molecule has 0 aromatic heterocycles. The van der Waals surface area contributed by atoms with Gasteiger partial charge in [-0.2, -0.15) is 0 Å². The SMILES string of the molecule is Cc1ccc([C@@H](C)NC(=O)CN2CCc3ccccc3[C@H]2C(=O)N2CCCCC2)c(C)c1. The monoisotopic (exact) mass is 433 g/mol. The number of amides is 2. The van der Waals surface area contributed by atoms with Crippen LogP contribution in [0.5, 0.6) is 0 Å². The second kappa shape index (κ2) is 9.86. The highest BCUT2D eigenvalue weighted by Gasteiger charge is 2.36. The van der Waals surface area contributed by atoms with Gasteiger partial charge in [-0.15, -0.1) is 0 Å². The summed E-state index contributed by atoms with van der Waals surface area (Å²) in [4.78, 5) is 30.7. The second-order valence-corrected chi connectivity index (χ2v) is 9.36. The summed E-state index contributed by atoms with van der Waals surface area (Å²) in [6.45, 7) is 8.77. The van der Waals surface area contributed by atoms with Crippen LogP contribution in [0.4, 0.5) is 0 Å². The quantitative estimate of drug-likeness (QED) is 0.773. The molecule has 2 aliphatic heterocycles. The maximum absolute atomic E-state index is 13.6. The van der Waals surface area contributed by atoms with Crippen molar-refractivity contribution in [2.45, 2.75) is 58.5 Å². The first-order chi connectivity index (χ1) is 15.4. The summed E-state index contributed by atoms with van der Waals surface area (Å²) in [5, 5.41) is 3.16. The summed E-state index contributed by atoms with van der Waals surface area (Å²) in [6.07, 6.45) is 4.18. The molecule has 2 aromatic rings. The molecule has 4 rings (SSSR count). The van der Waals surface area contributed by atoms with Gasteiger partial charge in [0.25, 0.3) is 0 Å². The molecule has 32 heavy (non-hydrogen) atoms. The Kier molecular flexibility index (Phi) is 6.95. The molecule has 1 saturated heterocycles. The van der Waals surface area contributed by atoms with E-state index in [0.29, 0.717) is 6.54 Å². The third kappa shape index (κ3) is 4.88. The first-order valence-corrected chi connectivity index (χ1v) is 11.9. The summed E-state index contributed by atoms with van der Waals surface area (Å²) in [5.74, 6) is 0.111. The lowest BCUT2D eigenvalue weighted by Crippen LogP contribution is -2.50. The molecule has 1 N–H and O–H groups in total. The highest BCUT2D eigenvalue weighted by Crippen LogP contribution is 2.32. The van der Waals surface area contributed by atoms with E-state index in [2.05, 4.69) is 54.4 Å². The molecule has 170 valence electrons. The van der Waals surface area contributed by atoms with Gasteiger partial charge in [-0.3, -0.25) is 14.5 Å². The molecular formula is C27H35N3O2. The van der Waals surface area contributed by atoms with Crippen molar-refractivity contribution >= 4 is 11.8 Å². The third-order valence-electron chi connectivity index (χ3n) is 6.90. The highest BCUT2D eigenvalue weighted by atomic mass is 16.2. The number of piperidine rings is 1. The fraction of sp³-hybridized carbons (Fsp3) is 0.481. The van der Waals surface area contributed by atoms with Crippen LogP contribution in [0, 0.1) is 13.8 Å². The van der Waals surface area contributed by atoms with E-state index in [0.717, 1.165) is 43.5 Å². The van der Waals surface area contributed by atoms with E-state index >= 15 is 0 Å². The highest BCUT2D eigenvalue weighted by molar-refractivity contribution is 5.86. The zero-order chi connectivity index (χ0) is 22.7. The Hall–Kier alpha value is -2.66. The van der Waals surface area contributed by atoms with Crippen LogP contribution in [-0.2, 0) is 16.0 Å². The van der Waals surface area contributed by atoms with Gasteiger partial charge in [0.2, 0.25) is 11.8 Å². The van der Waals surface area contributed by atoms with E-state index in [9.17, 15) is 9.59 Å². The van der Waals surface area contributed by atoms with Crippen LogP contribution in [0.25, 0.3) is 0 Å². The summed E-state index contributed by atoms with van der Waals surface area (Å²) >= 11 is 0. The number of carbonyl (C=O) groups excluding carboxylic acids is 2. The van der Waals surface area contributed by atoms with Crippen LogP contribution >= 0.6 is 0 Å². The van der Waals surface area contributed by atoms with Gasteiger partial charge < -0.3 is 10.2 Å². The molecule has 0 bridgehead atoms. The molecule has 2 aliphatic rings. The van der Waals surface area contributed by atoms with Crippen LogP contribution < -0.4 is 5.32 Å². The number of likely N-dealkylation sites (tertiary alicyclic amines) is 1. The van der Waals surface area contributed by atoms with E-state index in [4.69, 9.17) is 0 Å². The van der Waals surface area contributed by atoms with E-state index in [1.165, 1.54) is 23.1 Å². The normalized spacial score (nSPS) is 19.8. The smallest absolute Gasteiger partial charge is 0.244 e. The van der Waals surface area contributed by atoms with Gasteiger partial charge in [0, 0.05) is 19.6 Å². The average molecular weight is 434 g/mol. The van der Waals surface area contributed by atoms with Gasteiger partial charge in [0.05, 0.1) is 12.6 Å². The molecule has 5 nitrogen and oxygen atoms in total. The molecular weight excluding hydrogens is 398 g/mol. The maximum atomic E-state index is 13.6. The number of hydrogen-bond acceptors (Lipinski definition) is 3. The lowest BCUT2D eigenvalue weighted by Gasteiger charge is -2.39. The Labute approximate surface area is 191 Å². The first-order valence-electron chi connectivity index (χ1n) is 11.9. The summed E-state index contributed by atoms with van der Waals surface area (Å²) < 4.78 is 0.